The second-order valence-corrected chi connectivity index (χ2v) is 6.24. The summed E-state index contributed by atoms with van der Waals surface area (Å²) in [5, 5.41) is 0.714. The summed E-state index contributed by atoms with van der Waals surface area (Å²) in [7, 11) is 0. The molecule has 3 aromatic rings. The van der Waals surface area contributed by atoms with Gasteiger partial charge in [-0.25, -0.2) is 0 Å². The van der Waals surface area contributed by atoms with E-state index in [0.29, 0.717) is 17.7 Å². The molecule has 0 unspecified atom stereocenters. The molecular weight excluding hydrogens is 344 g/mol. The van der Waals surface area contributed by atoms with Crippen molar-refractivity contribution in [3.8, 4) is 0 Å². The summed E-state index contributed by atoms with van der Waals surface area (Å²) < 4.78 is 5.90. The van der Waals surface area contributed by atoms with Crippen LogP contribution in [-0.4, -0.2) is 12.6 Å². The van der Waals surface area contributed by atoms with Gasteiger partial charge in [0.1, 0.15) is 6.61 Å². The third kappa shape index (κ3) is 3.48. The number of hydrogen-bond acceptors (Lipinski definition) is 2. The number of aliphatic imine (C=N–C) groups is 1. The summed E-state index contributed by atoms with van der Waals surface area (Å²) in [5.41, 5.74) is 3.92. The lowest BCUT2D eigenvalue weighted by Gasteiger charge is -2.31. The Morgan fingerprint density at radius 1 is 0.808 bits per heavy atom. The van der Waals surface area contributed by atoms with Gasteiger partial charge in [0.25, 0.3) is 0 Å². The van der Waals surface area contributed by atoms with E-state index in [-0.39, 0.29) is 0 Å². The van der Waals surface area contributed by atoms with E-state index in [2.05, 4.69) is 6.08 Å². The number of rotatable bonds is 3. The molecule has 0 aromatic heterocycles. The quantitative estimate of drug-likeness (QED) is 0.580. The monoisotopic (exact) mass is 360 g/mol. The summed E-state index contributed by atoms with van der Waals surface area (Å²) in [6.07, 6.45) is 2.06. The lowest BCUT2D eigenvalue weighted by Crippen LogP contribution is -2.35. The lowest BCUT2D eigenvalue weighted by molar-refractivity contribution is 0.338. The zero-order valence-corrected chi connectivity index (χ0v) is 14.8. The molecule has 0 spiro atoms. The third-order valence-electron chi connectivity index (χ3n) is 4.06. The Hall–Kier alpha value is -3.04. The number of nitrogens with zero attached hydrogens (tertiary/aromatic N) is 2. The molecule has 128 valence electrons. The van der Waals surface area contributed by atoms with Crippen LogP contribution in [-0.2, 0) is 4.74 Å². The highest BCUT2D eigenvalue weighted by Gasteiger charge is 2.24. The minimum Gasteiger partial charge on any atom is -0.460 e. The smallest absolute Gasteiger partial charge is 0.302 e. The third-order valence-corrected chi connectivity index (χ3v) is 4.31. The first-order chi connectivity index (χ1) is 12.8. The van der Waals surface area contributed by atoms with Gasteiger partial charge < -0.3 is 4.74 Å². The molecule has 4 heteroatoms. The number of halogens is 1. The van der Waals surface area contributed by atoms with Crippen LogP contribution in [0, 0.1) is 0 Å². The molecule has 3 aromatic carbocycles. The van der Waals surface area contributed by atoms with E-state index in [1.165, 1.54) is 0 Å². The fraction of sp³-hybridized carbons (Fsp3) is 0.0455. The van der Waals surface area contributed by atoms with Gasteiger partial charge in [-0.05, 0) is 48.0 Å². The van der Waals surface area contributed by atoms with Crippen molar-refractivity contribution in [1.82, 2.24) is 0 Å². The predicted molar refractivity (Wildman–Crippen MR) is 108 cm³/mol. The Morgan fingerprint density at radius 2 is 1.46 bits per heavy atom. The van der Waals surface area contributed by atoms with E-state index in [0.717, 1.165) is 22.6 Å². The highest BCUT2D eigenvalue weighted by molar-refractivity contribution is 6.30. The molecule has 0 atom stereocenters. The van der Waals surface area contributed by atoms with Crippen molar-refractivity contribution < 1.29 is 4.74 Å². The Bertz CT molecular complexity index is 935. The van der Waals surface area contributed by atoms with Crippen LogP contribution in [0.3, 0.4) is 0 Å². The van der Waals surface area contributed by atoms with E-state index in [9.17, 15) is 0 Å². The zero-order valence-electron chi connectivity index (χ0n) is 14.0. The van der Waals surface area contributed by atoms with Crippen LogP contribution >= 0.6 is 11.6 Å². The van der Waals surface area contributed by atoms with Crippen molar-refractivity contribution in [1.29, 1.82) is 0 Å². The molecule has 26 heavy (non-hydrogen) atoms. The fourth-order valence-electron chi connectivity index (χ4n) is 2.84. The summed E-state index contributed by atoms with van der Waals surface area (Å²) in [5.74, 6) is 0. The Balaban J connectivity index is 1.81. The van der Waals surface area contributed by atoms with Gasteiger partial charge in [0.2, 0.25) is 0 Å². The minimum absolute atomic E-state index is 0.465. The average molecular weight is 361 g/mol. The fourth-order valence-corrected chi connectivity index (χ4v) is 2.97. The molecule has 0 N–H and O–H groups in total. The number of hydrogen-bond donors (Lipinski definition) is 0. The topological polar surface area (TPSA) is 24.8 Å². The van der Waals surface area contributed by atoms with Gasteiger partial charge in [0, 0.05) is 5.02 Å². The van der Waals surface area contributed by atoms with Crippen LogP contribution < -0.4 is 4.90 Å². The van der Waals surface area contributed by atoms with Gasteiger partial charge in [-0.3, -0.25) is 4.90 Å². The van der Waals surface area contributed by atoms with E-state index >= 15 is 0 Å². The van der Waals surface area contributed by atoms with Gasteiger partial charge in [-0.1, -0.05) is 60.1 Å². The minimum atomic E-state index is 0.465. The highest BCUT2D eigenvalue weighted by Crippen LogP contribution is 2.31. The van der Waals surface area contributed by atoms with Crippen molar-refractivity contribution in [2.75, 3.05) is 11.5 Å². The summed E-state index contributed by atoms with van der Waals surface area (Å²) in [6.45, 7) is 0.465. The summed E-state index contributed by atoms with van der Waals surface area (Å²) >= 11 is 6.06. The van der Waals surface area contributed by atoms with Crippen LogP contribution in [0.1, 0.15) is 5.56 Å². The zero-order chi connectivity index (χ0) is 17.8. The van der Waals surface area contributed by atoms with E-state index in [1.54, 1.807) is 0 Å². The molecule has 0 saturated heterocycles. The Morgan fingerprint density at radius 3 is 2.15 bits per heavy atom. The van der Waals surface area contributed by atoms with E-state index < -0.39 is 0 Å². The molecular formula is C22H17ClN2O. The van der Waals surface area contributed by atoms with Crippen LogP contribution in [0.5, 0.6) is 0 Å². The molecule has 0 saturated carbocycles. The second kappa shape index (κ2) is 7.46. The van der Waals surface area contributed by atoms with Gasteiger partial charge in [0.15, 0.2) is 0 Å². The SMILES string of the molecule is Clc1ccc(C2=CCOC(=Nc3ccccc3)N2c2ccccc2)cc1. The molecule has 0 bridgehead atoms. The highest BCUT2D eigenvalue weighted by atomic mass is 35.5. The molecule has 1 aliphatic heterocycles. The maximum Gasteiger partial charge on any atom is 0.302 e. The van der Waals surface area contributed by atoms with Crippen molar-refractivity contribution in [2.45, 2.75) is 0 Å². The number of anilines is 1. The van der Waals surface area contributed by atoms with Crippen LogP contribution in [0.2, 0.25) is 5.02 Å². The predicted octanol–water partition coefficient (Wildman–Crippen LogP) is 5.91. The average Bonchev–Trinajstić information content (AvgIpc) is 2.70. The Labute approximate surface area is 157 Å². The first-order valence-electron chi connectivity index (χ1n) is 8.39. The molecule has 0 radical (unpaired) electrons. The molecule has 3 nitrogen and oxygen atoms in total. The van der Waals surface area contributed by atoms with Gasteiger partial charge >= 0.3 is 6.02 Å². The van der Waals surface area contributed by atoms with Crippen molar-refractivity contribution in [2.24, 2.45) is 4.99 Å². The Kier molecular flexibility index (Phi) is 4.71. The standard InChI is InChI=1S/C22H17ClN2O/c23-18-13-11-17(12-14-18)21-15-16-26-22(24-19-7-3-1-4-8-19)25(21)20-9-5-2-6-10-20/h1-15H,16H2. The van der Waals surface area contributed by atoms with Crippen LogP contribution in [0.15, 0.2) is 96.0 Å². The number of benzene rings is 3. The maximum absolute atomic E-state index is 6.06. The van der Waals surface area contributed by atoms with Crippen LogP contribution in [0.25, 0.3) is 5.70 Å². The molecule has 1 aliphatic rings. The number of ether oxygens (including phenoxy) is 1. The number of para-hydroxylation sites is 2. The van der Waals surface area contributed by atoms with Crippen molar-refractivity contribution >= 4 is 34.7 Å². The maximum atomic E-state index is 6.06. The van der Waals surface area contributed by atoms with Crippen molar-refractivity contribution in [3.05, 3.63) is 102 Å². The number of amidine groups is 1. The first-order valence-corrected chi connectivity index (χ1v) is 8.77. The van der Waals surface area contributed by atoms with Gasteiger partial charge in [0.05, 0.1) is 17.1 Å². The van der Waals surface area contributed by atoms with Crippen LogP contribution in [0.4, 0.5) is 11.4 Å². The van der Waals surface area contributed by atoms with E-state index in [1.807, 2.05) is 89.8 Å². The molecule has 0 amide bonds. The van der Waals surface area contributed by atoms with Gasteiger partial charge in [-0.15, -0.1) is 0 Å². The van der Waals surface area contributed by atoms with Gasteiger partial charge in [-0.2, -0.15) is 4.99 Å². The first kappa shape index (κ1) is 16.4. The van der Waals surface area contributed by atoms with E-state index in [4.69, 9.17) is 21.3 Å². The summed E-state index contributed by atoms with van der Waals surface area (Å²) in [4.78, 5) is 6.75. The second-order valence-electron chi connectivity index (χ2n) is 5.81. The largest absolute Gasteiger partial charge is 0.460 e. The summed E-state index contributed by atoms with van der Waals surface area (Å²) in [6, 6.07) is 28.3. The molecule has 4 rings (SSSR count). The normalized spacial score (nSPS) is 15.5. The lowest BCUT2D eigenvalue weighted by atomic mass is 10.1. The molecule has 0 fully saturated rings. The molecule has 1 heterocycles. The van der Waals surface area contributed by atoms with Crippen molar-refractivity contribution in [3.63, 3.8) is 0 Å². The molecule has 0 aliphatic carbocycles.